The first kappa shape index (κ1) is 17.8. The molecule has 5 heteroatoms. The van der Waals surface area contributed by atoms with Crippen molar-refractivity contribution < 1.29 is 4.74 Å². The fourth-order valence-corrected chi connectivity index (χ4v) is 4.27. The summed E-state index contributed by atoms with van der Waals surface area (Å²) < 4.78 is 7.42. The van der Waals surface area contributed by atoms with Crippen molar-refractivity contribution in [2.75, 3.05) is 0 Å². The molecule has 0 spiro atoms. The Morgan fingerprint density at radius 2 is 1.79 bits per heavy atom. The van der Waals surface area contributed by atoms with Gasteiger partial charge in [-0.2, -0.15) is 5.10 Å². The van der Waals surface area contributed by atoms with Crippen molar-refractivity contribution in [2.24, 2.45) is 5.10 Å². The Kier molecular flexibility index (Phi) is 4.41. The standard InChI is InChI=1S/C23H18BrClN2O/c1-14-2-4-15(5-3-14)20-13-21-19-12-18(25)10-11-22(19)28-23(27(21)26-20)16-6-8-17(24)9-7-16/h2-12,21,23H,13H2,1H3/t21-,23-/m0/s1. The van der Waals surface area contributed by atoms with Gasteiger partial charge in [0, 0.05) is 27.0 Å². The molecular formula is C23H18BrClN2O. The third-order valence-corrected chi connectivity index (χ3v) is 6.06. The number of halogens is 2. The van der Waals surface area contributed by atoms with Crippen LogP contribution in [0, 0.1) is 6.92 Å². The van der Waals surface area contributed by atoms with Gasteiger partial charge in [0.05, 0.1) is 11.8 Å². The van der Waals surface area contributed by atoms with E-state index in [9.17, 15) is 0 Å². The number of nitrogens with zero attached hydrogens (tertiary/aromatic N) is 2. The number of hydrazone groups is 1. The Labute approximate surface area is 177 Å². The first-order valence-corrected chi connectivity index (χ1v) is 10.4. The minimum Gasteiger partial charge on any atom is -0.464 e. The molecule has 3 nitrogen and oxygen atoms in total. The van der Waals surface area contributed by atoms with Gasteiger partial charge in [-0.25, -0.2) is 5.01 Å². The molecule has 0 aromatic heterocycles. The topological polar surface area (TPSA) is 24.8 Å². The van der Waals surface area contributed by atoms with Crippen LogP contribution in [0.3, 0.4) is 0 Å². The van der Waals surface area contributed by atoms with Crippen molar-refractivity contribution in [3.63, 3.8) is 0 Å². The third-order valence-electron chi connectivity index (χ3n) is 5.29. The predicted octanol–water partition coefficient (Wildman–Crippen LogP) is 6.65. The van der Waals surface area contributed by atoms with Gasteiger partial charge in [-0.15, -0.1) is 0 Å². The monoisotopic (exact) mass is 452 g/mol. The summed E-state index contributed by atoms with van der Waals surface area (Å²) in [4.78, 5) is 0. The highest BCUT2D eigenvalue weighted by Gasteiger charge is 2.41. The first-order chi connectivity index (χ1) is 13.6. The van der Waals surface area contributed by atoms with E-state index in [4.69, 9.17) is 21.4 Å². The maximum absolute atomic E-state index is 6.37. The van der Waals surface area contributed by atoms with Crippen LogP contribution in [0.5, 0.6) is 5.75 Å². The number of hydrogen-bond donors (Lipinski definition) is 0. The van der Waals surface area contributed by atoms with Crippen LogP contribution in [0.25, 0.3) is 0 Å². The van der Waals surface area contributed by atoms with Crippen LogP contribution in [-0.4, -0.2) is 10.7 Å². The van der Waals surface area contributed by atoms with Gasteiger partial charge >= 0.3 is 0 Å². The summed E-state index contributed by atoms with van der Waals surface area (Å²) in [5.41, 5.74) is 5.63. The highest BCUT2D eigenvalue weighted by molar-refractivity contribution is 9.10. The van der Waals surface area contributed by atoms with E-state index >= 15 is 0 Å². The predicted molar refractivity (Wildman–Crippen MR) is 116 cm³/mol. The second kappa shape index (κ2) is 6.94. The number of aryl methyl sites for hydroxylation is 1. The first-order valence-electron chi connectivity index (χ1n) is 9.23. The minimum atomic E-state index is -0.269. The van der Waals surface area contributed by atoms with Crippen molar-refractivity contribution in [1.82, 2.24) is 5.01 Å². The van der Waals surface area contributed by atoms with Crippen LogP contribution in [0.1, 0.15) is 40.9 Å². The molecule has 28 heavy (non-hydrogen) atoms. The van der Waals surface area contributed by atoms with Crippen molar-refractivity contribution in [2.45, 2.75) is 25.6 Å². The summed E-state index contributed by atoms with van der Waals surface area (Å²) in [5, 5.41) is 7.79. The highest BCUT2D eigenvalue weighted by Crippen LogP contribution is 2.48. The summed E-state index contributed by atoms with van der Waals surface area (Å²) in [6.07, 6.45) is 0.557. The van der Waals surface area contributed by atoms with Gasteiger partial charge < -0.3 is 4.74 Å². The van der Waals surface area contributed by atoms with Crippen LogP contribution in [0.2, 0.25) is 5.02 Å². The van der Waals surface area contributed by atoms with Crippen LogP contribution in [0.4, 0.5) is 0 Å². The molecule has 0 N–H and O–H groups in total. The number of rotatable bonds is 2. The van der Waals surface area contributed by atoms with Gasteiger partial charge in [0.15, 0.2) is 0 Å². The lowest BCUT2D eigenvalue weighted by molar-refractivity contribution is -0.0190. The lowest BCUT2D eigenvalue weighted by atomic mass is 9.95. The van der Waals surface area contributed by atoms with Gasteiger partial charge in [-0.1, -0.05) is 69.5 Å². The summed E-state index contributed by atoms with van der Waals surface area (Å²) in [7, 11) is 0. The van der Waals surface area contributed by atoms with E-state index in [1.807, 2.05) is 30.3 Å². The molecule has 0 saturated heterocycles. The molecule has 3 aromatic carbocycles. The Balaban J connectivity index is 1.59. The lowest BCUT2D eigenvalue weighted by Crippen LogP contribution is -2.33. The van der Waals surface area contributed by atoms with Gasteiger partial charge in [-0.3, -0.25) is 0 Å². The molecule has 2 heterocycles. The molecule has 2 atom stereocenters. The van der Waals surface area contributed by atoms with Crippen molar-refractivity contribution in [1.29, 1.82) is 0 Å². The molecule has 0 saturated carbocycles. The highest BCUT2D eigenvalue weighted by atomic mass is 79.9. The largest absolute Gasteiger partial charge is 0.464 e. The second-order valence-corrected chi connectivity index (χ2v) is 8.57. The molecule has 0 amide bonds. The number of fused-ring (bicyclic) bond motifs is 3. The molecule has 0 aliphatic carbocycles. The van der Waals surface area contributed by atoms with Gasteiger partial charge in [0.25, 0.3) is 0 Å². The van der Waals surface area contributed by atoms with E-state index in [0.717, 1.165) is 39.0 Å². The van der Waals surface area contributed by atoms with Gasteiger partial charge in [0.1, 0.15) is 5.75 Å². The molecule has 3 aromatic rings. The van der Waals surface area contributed by atoms with E-state index in [2.05, 4.69) is 64.3 Å². The smallest absolute Gasteiger partial charge is 0.213 e. The zero-order chi connectivity index (χ0) is 19.3. The molecule has 0 radical (unpaired) electrons. The van der Waals surface area contributed by atoms with E-state index < -0.39 is 0 Å². The summed E-state index contributed by atoms with van der Waals surface area (Å²) in [5.74, 6) is 0.874. The Bertz CT molecular complexity index is 1060. The number of benzene rings is 3. The Morgan fingerprint density at radius 3 is 2.54 bits per heavy atom. The summed E-state index contributed by atoms with van der Waals surface area (Å²) in [6, 6.07) is 22.7. The van der Waals surface area contributed by atoms with Gasteiger partial charge in [0.2, 0.25) is 6.23 Å². The number of hydrogen-bond acceptors (Lipinski definition) is 3. The van der Waals surface area contributed by atoms with Crippen LogP contribution >= 0.6 is 27.5 Å². The molecule has 0 bridgehead atoms. The molecule has 2 aliphatic rings. The van der Waals surface area contributed by atoms with E-state index in [-0.39, 0.29) is 12.3 Å². The average molecular weight is 454 g/mol. The SMILES string of the molecule is Cc1ccc(C2=NN3[C@@H](C2)c2cc(Cl)ccc2O[C@H]3c2ccc(Br)cc2)cc1. The van der Waals surface area contributed by atoms with Crippen LogP contribution in [-0.2, 0) is 0 Å². The zero-order valence-corrected chi connectivity index (χ0v) is 17.6. The van der Waals surface area contributed by atoms with Crippen LogP contribution < -0.4 is 4.74 Å². The maximum atomic E-state index is 6.37. The quantitative estimate of drug-likeness (QED) is 0.434. The third kappa shape index (κ3) is 3.11. The maximum Gasteiger partial charge on any atom is 0.213 e. The minimum absolute atomic E-state index is 0.104. The Morgan fingerprint density at radius 1 is 1.04 bits per heavy atom. The van der Waals surface area contributed by atoms with Crippen molar-refractivity contribution in [3.8, 4) is 5.75 Å². The summed E-state index contributed by atoms with van der Waals surface area (Å²) >= 11 is 9.80. The molecule has 140 valence electrons. The van der Waals surface area contributed by atoms with E-state index in [1.54, 1.807) is 0 Å². The van der Waals surface area contributed by atoms with Crippen molar-refractivity contribution in [3.05, 3.63) is 98.5 Å². The molecular weight excluding hydrogens is 436 g/mol. The molecule has 5 rings (SSSR count). The van der Waals surface area contributed by atoms with E-state index in [0.29, 0.717) is 5.02 Å². The fourth-order valence-electron chi connectivity index (χ4n) is 3.83. The average Bonchev–Trinajstić information content (AvgIpc) is 3.14. The van der Waals surface area contributed by atoms with Gasteiger partial charge in [-0.05, 0) is 42.8 Å². The normalized spacial score (nSPS) is 20.2. The zero-order valence-electron chi connectivity index (χ0n) is 15.3. The Hall–Kier alpha value is -2.30. The van der Waals surface area contributed by atoms with Crippen molar-refractivity contribution >= 4 is 33.2 Å². The molecule has 0 fully saturated rings. The number of ether oxygens (including phenoxy) is 1. The van der Waals surface area contributed by atoms with Crippen LogP contribution in [0.15, 0.2) is 76.3 Å². The summed E-state index contributed by atoms with van der Waals surface area (Å²) in [6.45, 7) is 2.10. The van der Waals surface area contributed by atoms with E-state index in [1.165, 1.54) is 5.56 Å². The lowest BCUT2D eigenvalue weighted by Gasteiger charge is -2.38. The molecule has 2 aliphatic heterocycles. The second-order valence-electron chi connectivity index (χ2n) is 7.22. The fraction of sp³-hybridized carbons (Fsp3) is 0.174. The molecule has 0 unspecified atom stereocenters.